The molecule has 4 aromatic rings. The summed E-state index contributed by atoms with van der Waals surface area (Å²) in [5.41, 5.74) is 7.74. The van der Waals surface area contributed by atoms with E-state index in [2.05, 4.69) is 50.7 Å². The number of benzene rings is 4. The van der Waals surface area contributed by atoms with Crippen molar-refractivity contribution in [2.75, 3.05) is 0 Å². The summed E-state index contributed by atoms with van der Waals surface area (Å²) >= 11 is 3.57. The van der Waals surface area contributed by atoms with Gasteiger partial charge in [-0.15, -0.1) is 0 Å². The van der Waals surface area contributed by atoms with Crippen LogP contribution in [0.25, 0.3) is 21.9 Å². The fourth-order valence-electron chi connectivity index (χ4n) is 3.44. The first-order valence-corrected chi connectivity index (χ1v) is 10.6. The molecule has 30 heavy (non-hydrogen) atoms. The lowest BCUT2D eigenvalue weighted by Gasteiger charge is -2.08. The monoisotopic (exact) mass is 456 g/mol. The van der Waals surface area contributed by atoms with Crippen LogP contribution in [-0.4, -0.2) is 11.6 Å². The number of fused-ring (bicyclic) bond motifs is 1. The van der Waals surface area contributed by atoms with E-state index in [9.17, 15) is 4.79 Å². The molecule has 0 aliphatic heterocycles. The molecule has 3 nitrogen and oxygen atoms in total. The highest BCUT2D eigenvalue weighted by atomic mass is 79.9. The first-order chi connectivity index (χ1) is 14.6. The van der Waals surface area contributed by atoms with Gasteiger partial charge >= 0.3 is 0 Å². The maximum atomic E-state index is 12.5. The summed E-state index contributed by atoms with van der Waals surface area (Å²) in [7, 11) is 0. The third-order valence-corrected chi connectivity index (χ3v) is 5.76. The zero-order valence-corrected chi connectivity index (χ0v) is 18.2. The van der Waals surface area contributed by atoms with Gasteiger partial charge < -0.3 is 0 Å². The Kier molecular flexibility index (Phi) is 6.05. The first-order valence-electron chi connectivity index (χ1n) is 9.77. The molecule has 0 saturated carbocycles. The number of carbonyl (C=O) groups is 1. The smallest absolute Gasteiger partial charge is 0.244 e. The Balaban J connectivity index is 1.45. The second-order valence-corrected chi connectivity index (χ2v) is 7.96. The molecule has 0 saturated heterocycles. The summed E-state index contributed by atoms with van der Waals surface area (Å²) in [6.07, 6.45) is 0.275. The highest BCUT2D eigenvalue weighted by Crippen LogP contribution is 2.27. The number of amides is 1. The molecule has 0 aromatic heterocycles. The predicted octanol–water partition coefficient (Wildman–Crippen LogP) is 6.35. The normalized spacial score (nSPS) is 11.5. The predicted molar refractivity (Wildman–Crippen MR) is 128 cm³/mol. The minimum absolute atomic E-state index is 0.136. The van der Waals surface area contributed by atoms with Crippen molar-refractivity contribution in [3.63, 3.8) is 0 Å². The zero-order chi connectivity index (χ0) is 20.9. The van der Waals surface area contributed by atoms with Crippen molar-refractivity contribution in [2.24, 2.45) is 5.10 Å². The molecule has 0 unspecified atom stereocenters. The number of halogens is 1. The summed E-state index contributed by atoms with van der Waals surface area (Å²) in [4.78, 5) is 12.5. The quantitative estimate of drug-likeness (QED) is 0.275. The van der Waals surface area contributed by atoms with Gasteiger partial charge in [0.1, 0.15) is 0 Å². The molecule has 1 amide bonds. The van der Waals surface area contributed by atoms with Gasteiger partial charge in [-0.25, -0.2) is 5.43 Å². The summed E-state index contributed by atoms with van der Waals surface area (Å²) in [6, 6.07) is 30.4. The fraction of sp³-hybridized carbons (Fsp3) is 0.0769. The van der Waals surface area contributed by atoms with Gasteiger partial charge in [0.25, 0.3) is 0 Å². The number of nitrogens with one attached hydrogen (secondary N) is 1. The van der Waals surface area contributed by atoms with Crippen LogP contribution in [0.3, 0.4) is 0 Å². The molecule has 0 bridgehead atoms. The summed E-state index contributed by atoms with van der Waals surface area (Å²) in [5, 5.41) is 6.47. The summed E-state index contributed by atoms with van der Waals surface area (Å²) in [6.45, 7) is 1.90. The van der Waals surface area contributed by atoms with Crippen molar-refractivity contribution in [2.45, 2.75) is 13.3 Å². The molecule has 148 valence electrons. The first kappa shape index (κ1) is 20.0. The Morgan fingerprint density at radius 3 is 2.17 bits per heavy atom. The molecule has 0 aliphatic rings. The SMILES string of the molecule is C/C(=N\NC(=O)Cc1ccc(Br)c2ccccc12)c1ccc(-c2ccccc2)cc1. The molecule has 0 atom stereocenters. The Bertz CT molecular complexity index is 1210. The van der Waals surface area contributed by atoms with Gasteiger partial charge in [0.15, 0.2) is 0 Å². The highest BCUT2D eigenvalue weighted by molar-refractivity contribution is 9.10. The average molecular weight is 457 g/mol. The summed E-state index contributed by atoms with van der Waals surface area (Å²) in [5.74, 6) is -0.136. The fourth-order valence-corrected chi connectivity index (χ4v) is 3.91. The van der Waals surface area contributed by atoms with Gasteiger partial charge in [0.05, 0.1) is 12.1 Å². The van der Waals surface area contributed by atoms with Crippen LogP contribution in [0.2, 0.25) is 0 Å². The molecule has 4 heteroatoms. The lowest BCUT2D eigenvalue weighted by atomic mass is 10.0. The Morgan fingerprint density at radius 1 is 0.800 bits per heavy atom. The van der Waals surface area contributed by atoms with Gasteiger partial charge in [-0.05, 0) is 46.0 Å². The maximum Gasteiger partial charge on any atom is 0.244 e. The van der Waals surface area contributed by atoms with Crippen LogP contribution in [0.5, 0.6) is 0 Å². The van der Waals surface area contributed by atoms with Crippen LogP contribution in [0, 0.1) is 0 Å². The van der Waals surface area contributed by atoms with Gasteiger partial charge in [-0.2, -0.15) is 5.10 Å². The second kappa shape index (κ2) is 9.06. The molecular weight excluding hydrogens is 436 g/mol. The number of hydrogen-bond acceptors (Lipinski definition) is 2. The van der Waals surface area contributed by atoms with Gasteiger partial charge in [-0.3, -0.25) is 4.79 Å². The number of hydrazone groups is 1. The van der Waals surface area contributed by atoms with Crippen LogP contribution in [0.4, 0.5) is 0 Å². The van der Waals surface area contributed by atoms with Crippen LogP contribution in [0.15, 0.2) is 101 Å². The topological polar surface area (TPSA) is 41.5 Å². The minimum atomic E-state index is -0.136. The van der Waals surface area contributed by atoms with Crippen molar-refractivity contribution in [1.82, 2.24) is 5.43 Å². The molecule has 1 N–H and O–H groups in total. The standard InChI is InChI=1S/C26H21BrN2O/c1-18(19-11-13-21(14-12-19)20-7-3-2-4-8-20)28-29-26(30)17-22-15-16-25(27)24-10-6-5-9-23(22)24/h2-16H,17H2,1H3,(H,29,30)/b28-18+. The van der Waals surface area contributed by atoms with E-state index in [0.717, 1.165) is 37.6 Å². The van der Waals surface area contributed by atoms with Crippen LogP contribution < -0.4 is 5.43 Å². The van der Waals surface area contributed by atoms with E-state index in [1.54, 1.807) is 0 Å². The average Bonchev–Trinajstić information content (AvgIpc) is 2.80. The van der Waals surface area contributed by atoms with Crippen molar-refractivity contribution in [3.05, 3.63) is 107 Å². The molecule has 0 fully saturated rings. The van der Waals surface area contributed by atoms with E-state index in [1.807, 2.05) is 73.7 Å². The zero-order valence-electron chi connectivity index (χ0n) is 16.6. The van der Waals surface area contributed by atoms with E-state index >= 15 is 0 Å². The van der Waals surface area contributed by atoms with Gasteiger partial charge in [0.2, 0.25) is 5.91 Å². The summed E-state index contributed by atoms with van der Waals surface area (Å²) < 4.78 is 1.02. The van der Waals surface area contributed by atoms with Crippen molar-refractivity contribution >= 4 is 38.3 Å². The Labute approximate surface area is 184 Å². The number of hydrogen-bond donors (Lipinski definition) is 1. The molecule has 0 heterocycles. The number of nitrogens with zero attached hydrogens (tertiary/aromatic N) is 1. The van der Waals surface area contributed by atoms with Crippen LogP contribution >= 0.6 is 15.9 Å². The van der Waals surface area contributed by atoms with E-state index in [-0.39, 0.29) is 12.3 Å². The second-order valence-electron chi connectivity index (χ2n) is 7.10. The van der Waals surface area contributed by atoms with Crippen LogP contribution in [-0.2, 0) is 11.2 Å². The van der Waals surface area contributed by atoms with Crippen molar-refractivity contribution in [1.29, 1.82) is 0 Å². The van der Waals surface area contributed by atoms with E-state index in [0.29, 0.717) is 0 Å². The third kappa shape index (κ3) is 4.50. The maximum absolute atomic E-state index is 12.5. The molecule has 0 aliphatic carbocycles. The number of rotatable bonds is 5. The van der Waals surface area contributed by atoms with Crippen molar-refractivity contribution in [3.8, 4) is 11.1 Å². The molecule has 4 rings (SSSR count). The molecular formula is C26H21BrN2O. The Hall–Kier alpha value is -3.24. The number of carbonyl (C=O) groups excluding carboxylic acids is 1. The highest BCUT2D eigenvalue weighted by Gasteiger charge is 2.09. The lowest BCUT2D eigenvalue weighted by molar-refractivity contribution is -0.120. The van der Waals surface area contributed by atoms with E-state index in [4.69, 9.17) is 0 Å². The Morgan fingerprint density at radius 2 is 1.43 bits per heavy atom. The largest absolute Gasteiger partial charge is 0.273 e. The third-order valence-electron chi connectivity index (χ3n) is 5.07. The van der Waals surface area contributed by atoms with Gasteiger partial charge in [-0.1, -0.05) is 101 Å². The van der Waals surface area contributed by atoms with Crippen molar-refractivity contribution < 1.29 is 4.79 Å². The molecule has 0 radical (unpaired) electrons. The minimum Gasteiger partial charge on any atom is -0.273 e. The van der Waals surface area contributed by atoms with Crippen LogP contribution in [0.1, 0.15) is 18.1 Å². The van der Waals surface area contributed by atoms with Gasteiger partial charge in [0, 0.05) is 4.47 Å². The van der Waals surface area contributed by atoms with E-state index in [1.165, 1.54) is 5.56 Å². The van der Waals surface area contributed by atoms with E-state index < -0.39 is 0 Å². The molecule has 0 spiro atoms. The lowest BCUT2D eigenvalue weighted by Crippen LogP contribution is -2.21. The molecule has 4 aromatic carbocycles.